The molecule has 5 heteroatoms. The highest BCUT2D eigenvalue weighted by molar-refractivity contribution is 6.29. The maximum absolute atomic E-state index is 13.2. The summed E-state index contributed by atoms with van der Waals surface area (Å²) in [5.41, 5.74) is 0. The Morgan fingerprint density at radius 3 is 2.82 bits per heavy atom. The van der Waals surface area contributed by atoms with Crippen LogP contribution < -0.4 is 10.1 Å². The van der Waals surface area contributed by atoms with Crippen LogP contribution in [0.5, 0.6) is 5.75 Å². The second-order valence-electron chi connectivity index (χ2n) is 3.43. The van der Waals surface area contributed by atoms with Crippen molar-refractivity contribution >= 4 is 17.5 Å². The molecule has 0 fully saturated rings. The first-order chi connectivity index (χ1) is 8.00. The lowest BCUT2D eigenvalue weighted by Crippen LogP contribution is -2.37. The molecule has 1 unspecified atom stereocenters. The van der Waals surface area contributed by atoms with E-state index in [9.17, 15) is 9.18 Å². The van der Waals surface area contributed by atoms with Gasteiger partial charge in [-0.25, -0.2) is 4.39 Å². The fourth-order valence-corrected chi connectivity index (χ4v) is 1.18. The Morgan fingerprint density at radius 1 is 1.59 bits per heavy atom. The van der Waals surface area contributed by atoms with Gasteiger partial charge in [0.15, 0.2) is 17.7 Å². The number of hydrogen-bond donors (Lipinski definition) is 1. The fraction of sp³-hybridized carbons (Fsp3) is 0.250. The van der Waals surface area contributed by atoms with Gasteiger partial charge in [-0.3, -0.25) is 4.79 Å². The number of halogens is 2. The lowest BCUT2D eigenvalue weighted by Gasteiger charge is -2.14. The molecule has 1 atom stereocenters. The smallest absolute Gasteiger partial charge is 0.261 e. The van der Waals surface area contributed by atoms with Crippen LogP contribution in [-0.2, 0) is 4.79 Å². The van der Waals surface area contributed by atoms with E-state index < -0.39 is 11.9 Å². The number of amides is 1. The Balaban J connectivity index is 2.54. The average molecular weight is 258 g/mol. The molecule has 1 amide bonds. The van der Waals surface area contributed by atoms with E-state index in [1.54, 1.807) is 12.1 Å². The van der Waals surface area contributed by atoms with Crippen LogP contribution in [0.15, 0.2) is 35.9 Å². The van der Waals surface area contributed by atoms with Gasteiger partial charge in [0.25, 0.3) is 5.91 Å². The molecule has 0 aliphatic rings. The number of nitrogens with one attached hydrogen (secondary N) is 1. The Kier molecular flexibility index (Phi) is 4.97. The molecule has 0 spiro atoms. The summed E-state index contributed by atoms with van der Waals surface area (Å²) in [6, 6.07) is 5.90. The van der Waals surface area contributed by atoms with Gasteiger partial charge in [-0.1, -0.05) is 30.3 Å². The highest BCUT2D eigenvalue weighted by Crippen LogP contribution is 2.16. The zero-order chi connectivity index (χ0) is 12.8. The predicted octanol–water partition coefficient (Wildman–Crippen LogP) is 2.46. The molecule has 92 valence electrons. The molecule has 0 saturated carbocycles. The summed E-state index contributed by atoms with van der Waals surface area (Å²) in [5.74, 6) is -0.844. The van der Waals surface area contributed by atoms with Crippen molar-refractivity contribution in [2.75, 3.05) is 6.54 Å². The van der Waals surface area contributed by atoms with Gasteiger partial charge in [0.2, 0.25) is 0 Å². The summed E-state index contributed by atoms with van der Waals surface area (Å²) >= 11 is 5.50. The molecular formula is C12H13ClFNO2. The number of carbonyl (C=O) groups excluding carboxylic acids is 1. The van der Waals surface area contributed by atoms with Crippen LogP contribution in [0.3, 0.4) is 0 Å². The fourth-order valence-electron chi connectivity index (χ4n) is 1.11. The lowest BCUT2D eigenvalue weighted by molar-refractivity contribution is -0.127. The quantitative estimate of drug-likeness (QED) is 0.880. The van der Waals surface area contributed by atoms with Gasteiger partial charge in [0, 0.05) is 5.03 Å². The molecule has 0 heterocycles. The number of benzene rings is 1. The van der Waals surface area contributed by atoms with Crippen LogP contribution in [-0.4, -0.2) is 18.6 Å². The largest absolute Gasteiger partial charge is 0.478 e. The molecule has 1 aromatic rings. The minimum Gasteiger partial charge on any atom is -0.478 e. The molecule has 1 rings (SSSR count). The predicted molar refractivity (Wildman–Crippen MR) is 64.5 cm³/mol. The number of ether oxygens (including phenoxy) is 1. The van der Waals surface area contributed by atoms with Crippen molar-refractivity contribution in [1.29, 1.82) is 0 Å². The van der Waals surface area contributed by atoms with Crippen molar-refractivity contribution in [2.45, 2.75) is 13.0 Å². The first-order valence-corrected chi connectivity index (χ1v) is 5.40. The van der Waals surface area contributed by atoms with Crippen LogP contribution in [0.2, 0.25) is 0 Å². The van der Waals surface area contributed by atoms with E-state index in [4.69, 9.17) is 16.3 Å². The number of para-hydroxylation sites is 1. The van der Waals surface area contributed by atoms with Crippen LogP contribution in [0.1, 0.15) is 6.92 Å². The first kappa shape index (κ1) is 13.5. The molecule has 0 aliphatic heterocycles. The molecule has 17 heavy (non-hydrogen) atoms. The summed E-state index contributed by atoms with van der Waals surface area (Å²) in [6.07, 6.45) is -0.803. The van der Waals surface area contributed by atoms with Gasteiger partial charge in [0.05, 0.1) is 6.54 Å². The minimum atomic E-state index is -0.803. The molecule has 0 radical (unpaired) electrons. The molecule has 0 aliphatic carbocycles. The summed E-state index contributed by atoms with van der Waals surface area (Å²) < 4.78 is 18.4. The van der Waals surface area contributed by atoms with E-state index in [1.165, 1.54) is 19.1 Å². The van der Waals surface area contributed by atoms with Crippen molar-refractivity contribution in [1.82, 2.24) is 5.32 Å². The van der Waals surface area contributed by atoms with Crippen LogP contribution in [0, 0.1) is 5.82 Å². The second-order valence-corrected chi connectivity index (χ2v) is 3.96. The van der Waals surface area contributed by atoms with Gasteiger partial charge in [-0.05, 0) is 19.1 Å². The maximum Gasteiger partial charge on any atom is 0.261 e. The lowest BCUT2D eigenvalue weighted by atomic mass is 10.3. The number of carbonyl (C=O) groups is 1. The van der Waals surface area contributed by atoms with E-state index in [-0.39, 0.29) is 18.2 Å². The standard InChI is InChI=1S/C12H13ClFNO2/c1-8(13)7-15-12(16)9(2)17-11-6-4-3-5-10(11)14/h3-6,9H,1,7H2,2H3,(H,15,16). The van der Waals surface area contributed by atoms with Crippen molar-refractivity contribution in [3.63, 3.8) is 0 Å². The SMILES string of the molecule is C=C(Cl)CNC(=O)C(C)Oc1ccccc1F. The Morgan fingerprint density at radius 2 is 2.24 bits per heavy atom. The first-order valence-electron chi connectivity index (χ1n) is 5.03. The third-order valence-corrected chi connectivity index (χ3v) is 2.10. The monoisotopic (exact) mass is 257 g/mol. The topological polar surface area (TPSA) is 38.3 Å². The minimum absolute atomic E-state index is 0.0415. The van der Waals surface area contributed by atoms with E-state index in [2.05, 4.69) is 11.9 Å². The number of rotatable bonds is 5. The summed E-state index contributed by atoms with van der Waals surface area (Å²) in [5, 5.41) is 2.82. The second kappa shape index (κ2) is 6.25. The van der Waals surface area contributed by atoms with Crippen LogP contribution in [0.25, 0.3) is 0 Å². The van der Waals surface area contributed by atoms with Gasteiger partial charge < -0.3 is 10.1 Å². The van der Waals surface area contributed by atoms with Gasteiger partial charge >= 0.3 is 0 Å². The third-order valence-electron chi connectivity index (χ3n) is 1.96. The number of hydrogen-bond acceptors (Lipinski definition) is 2. The van der Waals surface area contributed by atoms with Crippen LogP contribution >= 0.6 is 11.6 Å². The molecule has 0 bridgehead atoms. The van der Waals surface area contributed by atoms with Crippen molar-refractivity contribution < 1.29 is 13.9 Å². The van der Waals surface area contributed by atoms with Gasteiger partial charge in [-0.15, -0.1) is 0 Å². The zero-order valence-corrected chi connectivity index (χ0v) is 10.1. The van der Waals surface area contributed by atoms with Crippen molar-refractivity contribution in [2.24, 2.45) is 0 Å². The highest BCUT2D eigenvalue weighted by atomic mass is 35.5. The van der Waals surface area contributed by atoms with Crippen LogP contribution in [0.4, 0.5) is 4.39 Å². The van der Waals surface area contributed by atoms with Crippen molar-refractivity contribution in [3.05, 3.63) is 41.7 Å². The van der Waals surface area contributed by atoms with Gasteiger partial charge in [0.1, 0.15) is 0 Å². The normalized spacial score (nSPS) is 11.7. The van der Waals surface area contributed by atoms with E-state index in [1.807, 2.05) is 0 Å². The summed E-state index contributed by atoms with van der Waals surface area (Å²) in [4.78, 5) is 11.5. The summed E-state index contributed by atoms with van der Waals surface area (Å²) in [7, 11) is 0. The summed E-state index contributed by atoms with van der Waals surface area (Å²) in [6.45, 7) is 5.12. The molecule has 1 aromatic carbocycles. The molecular weight excluding hydrogens is 245 g/mol. The van der Waals surface area contributed by atoms with Crippen molar-refractivity contribution in [3.8, 4) is 5.75 Å². The highest BCUT2D eigenvalue weighted by Gasteiger charge is 2.15. The molecule has 3 nitrogen and oxygen atoms in total. The molecule has 1 N–H and O–H groups in total. The third kappa shape index (κ3) is 4.44. The maximum atomic E-state index is 13.2. The van der Waals surface area contributed by atoms with E-state index in [0.717, 1.165) is 0 Å². The molecule has 0 saturated heterocycles. The zero-order valence-electron chi connectivity index (χ0n) is 9.37. The van der Waals surface area contributed by atoms with E-state index >= 15 is 0 Å². The Labute approximate surface area is 104 Å². The van der Waals surface area contributed by atoms with Gasteiger partial charge in [-0.2, -0.15) is 0 Å². The Bertz CT molecular complexity index is 423. The average Bonchev–Trinajstić information content (AvgIpc) is 2.28. The molecule has 0 aromatic heterocycles. The Hall–Kier alpha value is -1.55. The van der Waals surface area contributed by atoms with E-state index in [0.29, 0.717) is 5.03 Å².